The van der Waals surface area contributed by atoms with E-state index < -0.39 is 70.3 Å². The van der Waals surface area contributed by atoms with Gasteiger partial charge in [0.25, 0.3) is 25.8 Å². The smallest absolute Gasteiger partial charge is 0.380 e. The van der Waals surface area contributed by atoms with E-state index in [1.165, 1.54) is 35.0 Å². The lowest BCUT2D eigenvalue weighted by Crippen LogP contribution is -2.57. The number of nitrogens with zero attached hydrogens (tertiary/aromatic N) is 6. The number of sulfone groups is 1. The Morgan fingerprint density at radius 2 is 1.45 bits per heavy atom. The number of carbonyl (C=O) groups is 5. The molecule has 5 N–H and O–H groups in total. The van der Waals surface area contributed by atoms with E-state index in [0.29, 0.717) is 114 Å². The van der Waals surface area contributed by atoms with Gasteiger partial charge < -0.3 is 40.7 Å². The van der Waals surface area contributed by atoms with Crippen molar-refractivity contribution in [3.05, 3.63) is 160 Å². The van der Waals surface area contributed by atoms with Crippen LogP contribution in [0.1, 0.15) is 151 Å². The minimum Gasteiger partial charge on any atom is -0.380 e. The molecule has 1 aliphatic carbocycles. The molecule has 5 amide bonds. The number of benzene rings is 5. The highest BCUT2D eigenvalue weighted by Gasteiger charge is 2.49. The molecule has 6 aromatic rings. The first kappa shape index (κ1) is 84.5. The maximum Gasteiger partial charge on any atom is 0.501 e. The van der Waals surface area contributed by atoms with Crippen molar-refractivity contribution < 1.29 is 58.7 Å². The van der Waals surface area contributed by atoms with Gasteiger partial charge in [-0.15, -0.1) is 23.1 Å². The van der Waals surface area contributed by atoms with Crippen molar-refractivity contribution in [1.29, 1.82) is 0 Å². The van der Waals surface area contributed by atoms with E-state index >= 15 is 0 Å². The van der Waals surface area contributed by atoms with E-state index in [-0.39, 0.29) is 53.1 Å². The van der Waals surface area contributed by atoms with Gasteiger partial charge in [-0.1, -0.05) is 106 Å². The monoisotopic (exact) mass is 1620 g/mol. The average Bonchev–Trinajstić information content (AvgIpc) is 1.40. The summed E-state index contributed by atoms with van der Waals surface area (Å²) in [7, 11) is -11.0. The van der Waals surface area contributed by atoms with E-state index in [4.69, 9.17) is 16.3 Å². The molecule has 0 bridgehead atoms. The molecule has 5 aliphatic rings. The first-order valence-electron chi connectivity index (χ1n) is 38.6. The summed E-state index contributed by atoms with van der Waals surface area (Å²) in [5.74, 6) is -1.43. The van der Waals surface area contributed by atoms with Crippen LogP contribution in [-0.4, -0.2) is 198 Å². The predicted molar refractivity (Wildman–Crippen MR) is 432 cm³/mol. The van der Waals surface area contributed by atoms with Gasteiger partial charge in [0.2, 0.25) is 23.6 Å². The number of unbranched alkanes of at least 4 members (excludes halogenated alkanes) is 2. The van der Waals surface area contributed by atoms with Gasteiger partial charge in [0.15, 0.2) is 0 Å². The van der Waals surface area contributed by atoms with Crippen LogP contribution < -0.4 is 30.9 Å². The second-order valence-electron chi connectivity index (χ2n) is 31.5. The number of thiazole rings is 1. The summed E-state index contributed by atoms with van der Waals surface area (Å²) in [6.07, 6.45) is 8.63. The number of thioether (sulfide) groups is 1. The molecule has 5 heterocycles. The summed E-state index contributed by atoms with van der Waals surface area (Å²) < 4.78 is 105. The maximum absolute atomic E-state index is 14.4. The van der Waals surface area contributed by atoms with E-state index in [2.05, 4.69) is 64.9 Å². The van der Waals surface area contributed by atoms with Gasteiger partial charge in [-0.05, 0) is 184 Å². The van der Waals surface area contributed by atoms with Crippen LogP contribution >= 0.6 is 34.7 Å². The summed E-state index contributed by atoms with van der Waals surface area (Å²) in [6, 6.07) is 32.0. The summed E-state index contributed by atoms with van der Waals surface area (Å²) in [5, 5.41) is 13.2. The third-order valence-electron chi connectivity index (χ3n) is 21.9. The fraction of sp³-hybridized carbons (Fsp3) is 0.512. The van der Waals surface area contributed by atoms with Crippen molar-refractivity contribution in [3.8, 4) is 10.4 Å². The number of alkyl halides is 3. The van der Waals surface area contributed by atoms with Gasteiger partial charge >= 0.3 is 5.51 Å². The molecule has 6 atom stereocenters. The summed E-state index contributed by atoms with van der Waals surface area (Å²) in [4.78, 5) is 84.0. The number of allylic oxidation sites excluding steroid dienone is 1. The van der Waals surface area contributed by atoms with Crippen LogP contribution in [0.4, 0.5) is 24.5 Å². The van der Waals surface area contributed by atoms with E-state index in [0.717, 1.165) is 121 Å². The lowest BCUT2D eigenvalue weighted by Gasteiger charge is -2.44. The molecule has 4 aliphatic heterocycles. The van der Waals surface area contributed by atoms with E-state index in [1.807, 2.05) is 112 Å². The van der Waals surface area contributed by atoms with E-state index in [9.17, 15) is 54.0 Å². The molecular formula is C82H105ClF3N11O10S4. The average molecular weight is 1630 g/mol. The highest BCUT2D eigenvalue weighted by Crippen LogP contribution is 2.45. The molecule has 21 nitrogen and oxygen atoms in total. The molecule has 0 radical (unpaired) electrons. The molecule has 4 fully saturated rings. The molecule has 1 aromatic heterocycles. The molecular weight excluding hydrogens is 1520 g/mol. The van der Waals surface area contributed by atoms with Crippen LogP contribution in [-0.2, 0) is 43.8 Å². The largest absolute Gasteiger partial charge is 0.501 e. The van der Waals surface area contributed by atoms with Gasteiger partial charge in [0.1, 0.15) is 17.0 Å². The third kappa shape index (κ3) is 22.8. The quantitative estimate of drug-likeness (QED) is 0.0200. The minimum atomic E-state index is -6.11. The molecule has 5 aromatic carbocycles. The van der Waals surface area contributed by atoms with Crippen LogP contribution in [0.2, 0.25) is 5.02 Å². The number of hydrogen-bond acceptors (Lipinski definition) is 18. The molecule has 0 spiro atoms. The number of anilines is 2. The highest BCUT2D eigenvalue weighted by atomic mass is 35.5. The number of hydrogen-bond donors (Lipinski definition) is 5. The number of halogens is 4. The second kappa shape index (κ2) is 37.7. The van der Waals surface area contributed by atoms with Crippen LogP contribution in [0.5, 0.6) is 0 Å². The number of aromatic nitrogens is 1. The SMILES string of the molecule is Cc1ncsc1-c1ccc([C@H](C)NC(=O)[C@@H]2CCCN2C(=O)C(NC(=O)CCCCCC(=O)N[C@@H]2CCCN(CC3(C)CCC(c4ccc(Cl)cc4)=C(CN4CCN(c5ccc(C(=O)NS(=O)(=O)c6ccc(N[C@H](CCN7CCOCC7)CSc7ccccc7)c(S(=O)(=O)C(F)(F)F)c6)cc5)CC4)C3)C2)C(C)(C)C)cc1. The van der Waals surface area contributed by atoms with Crippen LogP contribution in [0, 0.1) is 17.8 Å². The summed E-state index contributed by atoms with van der Waals surface area (Å²) in [5.41, 5.74) is 2.57. The molecule has 0 saturated carbocycles. The van der Waals surface area contributed by atoms with Crippen LogP contribution in [0.3, 0.4) is 0 Å². The van der Waals surface area contributed by atoms with Crippen molar-refractivity contribution >= 4 is 101 Å². The van der Waals surface area contributed by atoms with Gasteiger partial charge in [0.05, 0.1) is 45.9 Å². The zero-order valence-corrected chi connectivity index (χ0v) is 68.2. The molecule has 111 heavy (non-hydrogen) atoms. The summed E-state index contributed by atoms with van der Waals surface area (Å²) in [6.45, 7) is 21.5. The standard InChI is InChI=1S/C82H105ClF3N11O10S4/c1-56(58-21-23-60(24-22-58)75-57(2)87-55-109-75)88-78(101)71-18-14-39-97(71)79(102)76(80(3,4)5)91-74(99)20-12-8-11-19-73(98)90-64-15-13-38-95(52-64)54-81(6)37-35-69(59-25-29-63(83)30-26-59)62(50-81)51-94-41-43-96(44-42-94)66-31-27-61(28-32-66)77(100)92-111(105,106)68-33-34-70(72(49-68)110(103,104)82(84,85)86)89-65(36-40-93-45-47-107-48-46-93)53-108-67-16-9-7-10-17-67/h7,9-10,16-17,21-34,49,55-56,64-65,71,76,89H,8,11-15,18-20,35-48,50-54H2,1-6H3,(H,88,101)(H,90,98)(H,91,99)(H,92,100)/t56-,64+,65+,71-,76?,81?/m0/s1. The number of piperazine rings is 1. The Labute approximate surface area is 665 Å². The van der Waals surface area contributed by atoms with Crippen LogP contribution in [0.15, 0.2) is 147 Å². The first-order chi connectivity index (χ1) is 52.9. The Balaban J connectivity index is 0.632. The fourth-order valence-corrected chi connectivity index (χ4v) is 19.6. The van der Waals surface area contributed by atoms with Crippen LogP contribution in [0.25, 0.3) is 16.0 Å². The topological polar surface area (TPSA) is 252 Å². The number of carbonyl (C=O) groups excluding carboxylic acids is 5. The Hall–Kier alpha value is -7.41. The number of piperidine rings is 1. The number of rotatable bonds is 31. The molecule has 2 unspecified atom stereocenters. The van der Waals surface area contributed by atoms with Crippen molar-refractivity contribution in [2.45, 2.75) is 175 Å². The Kier molecular flexibility index (Phi) is 28.7. The Morgan fingerprint density at radius 1 is 0.766 bits per heavy atom. The number of sulfonamides is 1. The number of ether oxygens (including phenoxy) is 1. The number of likely N-dealkylation sites (tertiary alicyclic amines) is 2. The van der Waals surface area contributed by atoms with Gasteiger partial charge in [-0.2, -0.15) is 13.2 Å². The number of nitrogens with one attached hydrogen (secondary N) is 5. The molecule has 29 heteroatoms. The van der Waals surface area contributed by atoms with Crippen molar-refractivity contribution in [2.24, 2.45) is 10.8 Å². The van der Waals surface area contributed by atoms with Crippen molar-refractivity contribution in [2.75, 3.05) is 108 Å². The number of aryl methyl sites for hydroxylation is 1. The molecule has 4 saturated heterocycles. The number of morpholine rings is 1. The lowest BCUT2D eigenvalue weighted by atomic mass is 9.71. The van der Waals surface area contributed by atoms with E-state index in [1.54, 1.807) is 28.4 Å². The lowest BCUT2D eigenvalue weighted by molar-refractivity contribution is -0.144. The van der Waals surface area contributed by atoms with Crippen molar-refractivity contribution in [1.82, 2.24) is 45.3 Å². The van der Waals surface area contributed by atoms with Gasteiger partial charge in [0, 0.05) is 124 Å². The number of amides is 5. The second-order valence-corrected chi connectivity index (χ2v) is 37.5. The highest BCUT2D eigenvalue weighted by molar-refractivity contribution is 7.99. The summed E-state index contributed by atoms with van der Waals surface area (Å²) >= 11 is 9.44. The molecule has 600 valence electrons. The first-order valence-corrected chi connectivity index (χ1v) is 43.8. The Bertz CT molecular complexity index is 4460. The zero-order chi connectivity index (χ0) is 79.3. The minimum absolute atomic E-state index is 0.00381. The zero-order valence-electron chi connectivity index (χ0n) is 64.2. The normalized spacial score (nSPS) is 20.1. The Morgan fingerprint density at radius 3 is 2.13 bits per heavy atom. The fourth-order valence-electron chi connectivity index (χ4n) is 15.7. The van der Waals surface area contributed by atoms with Crippen molar-refractivity contribution in [3.63, 3.8) is 0 Å². The van der Waals surface area contributed by atoms with Gasteiger partial charge in [-0.25, -0.2) is 26.5 Å². The van der Waals surface area contributed by atoms with Gasteiger partial charge in [-0.3, -0.25) is 33.8 Å². The maximum atomic E-state index is 14.4. The molecule has 11 rings (SSSR count). The predicted octanol–water partition coefficient (Wildman–Crippen LogP) is 13.2. The third-order valence-corrected chi connectivity index (χ3v) is 27.1.